The Balaban J connectivity index is 2.77. The maximum Gasteiger partial charge on any atom is 0.326 e. The van der Waals surface area contributed by atoms with Gasteiger partial charge in [-0.2, -0.15) is 5.26 Å². The first-order valence-corrected chi connectivity index (χ1v) is 7.37. The number of carbonyl (C=O) groups excluding carboxylic acids is 1. The lowest BCUT2D eigenvalue weighted by atomic mass is 10.0. The van der Waals surface area contributed by atoms with E-state index in [2.05, 4.69) is 10.6 Å². The van der Waals surface area contributed by atoms with Gasteiger partial charge in [-0.3, -0.25) is 4.79 Å². The van der Waals surface area contributed by atoms with Crippen molar-refractivity contribution >= 4 is 29.2 Å². The third kappa shape index (κ3) is 6.41. The number of nitrogens with one attached hydrogen (secondary N) is 2. The highest BCUT2D eigenvalue weighted by atomic mass is 35.5. The zero-order chi connectivity index (χ0) is 17.4. The second-order valence-corrected chi connectivity index (χ2v) is 5.75. The highest BCUT2D eigenvalue weighted by molar-refractivity contribution is 6.30. The van der Waals surface area contributed by atoms with E-state index in [9.17, 15) is 9.59 Å². The number of carboxylic acids is 1. The van der Waals surface area contributed by atoms with Crippen LogP contribution in [0.2, 0.25) is 5.02 Å². The largest absolute Gasteiger partial charge is 0.480 e. The van der Waals surface area contributed by atoms with Crippen LogP contribution in [0.5, 0.6) is 0 Å². The molecule has 0 heterocycles. The fourth-order valence-corrected chi connectivity index (χ4v) is 1.91. The summed E-state index contributed by atoms with van der Waals surface area (Å²) >= 11 is 5.77. The lowest BCUT2D eigenvalue weighted by Crippen LogP contribution is -2.42. The average Bonchev–Trinajstić information content (AvgIpc) is 2.48. The smallest absolute Gasteiger partial charge is 0.326 e. The van der Waals surface area contributed by atoms with Crippen LogP contribution in [0, 0.1) is 17.2 Å². The summed E-state index contributed by atoms with van der Waals surface area (Å²) in [6.45, 7) is 3.70. The van der Waals surface area contributed by atoms with Gasteiger partial charge in [-0.25, -0.2) is 4.79 Å². The first-order chi connectivity index (χ1) is 10.8. The van der Waals surface area contributed by atoms with Crippen molar-refractivity contribution in [3.8, 4) is 6.07 Å². The molecule has 0 bridgehead atoms. The van der Waals surface area contributed by atoms with Gasteiger partial charge in [0.25, 0.3) is 5.91 Å². The maximum absolute atomic E-state index is 12.0. The predicted molar refractivity (Wildman–Crippen MR) is 87.8 cm³/mol. The normalized spacial score (nSPS) is 12.4. The minimum Gasteiger partial charge on any atom is -0.480 e. The van der Waals surface area contributed by atoms with Crippen LogP contribution in [-0.4, -0.2) is 23.0 Å². The van der Waals surface area contributed by atoms with Crippen LogP contribution in [0.3, 0.4) is 0 Å². The van der Waals surface area contributed by atoms with E-state index in [0.717, 1.165) is 0 Å². The SMILES string of the molecule is CC(C)CC(NC(=O)/C(C#N)=C\Nc1ccc(Cl)cc1)C(=O)O. The van der Waals surface area contributed by atoms with Crippen molar-refractivity contribution in [1.29, 1.82) is 5.26 Å². The molecule has 0 saturated heterocycles. The molecule has 1 aromatic carbocycles. The Morgan fingerprint density at radius 1 is 1.35 bits per heavy atom. The Bertz CT molecular complexity index is 633. The van der Waals surface area contributed by atoms with Crippen LogP contribution in [0.15, 0.2) is 36.0 Å². The summed E-state index contributed by atoms with van der Waals surface area (Å²) in [4.78, 5) is 23.2. The molecule has 0 aliphatic heterocycles. The monoisotopic (exact) mass is 335 g/mol. The molecule has 0 saturated carbocycles. The van der Waals surface area contributed by atoms with Gasteiger partial charge in [-0.05, 0) is 36.6 Å². The quantitative estimate of drug-likeness (QED) is 0.525. The maximum atomic E-state index is 12.0. The van der Waals surface area contributed by atoms with E-state index in [1.807, 2.05) is 13.8 Å². The number of halogens is 1. The molecule has 3 N–H and O–H groups in total. The number of hydrogen-bond donors (Lipinski definition) is 3. The molecule has 0 spiro atoms. The second-order valence-electron chi connectivity index (χ2n) is 5.31. The van der Waals surface area contributed by atoms with Crippen LogP contribution in [0.25, 0.3) is 0 Å². The number of anilines is 1. The molecule has 7 heteroatoms. The third-order valence-corrected chi connectivity index (χ3v) is 3.15. The first kappa shape index (κ1) is 18.5. The van der Waals surface area contributed by atoms with Gasteiger partial charge in [0.1, 0.15) is 17.7 Å². The van der Waals surface area contributed by atoms with Gasteiger partial charge in [0.05, 0.1) is 0 Å². The molecule has 0 aliphatic carbocycles. The van der Waals surface area contributed by atoms with Crippen LogP contribution < -0.4 is 10.6 Å². The first-order valence-electron chi connectivity index (χ1n) is 6.99. The van der Waals surface area contributed by atoms with Crippen molar-refractivity contribution in [2.45, 2.75) is 26.3 Å². The van der Waals surface area contributed by atoms with E-state index < -0.39 is 17.9 Å². The molecule has 0 fully saturated rings. The van der Waals surface area contributed by atoms with Gasteiger partial charge < -0.3 is 15.7 Å². The molecule has 0 aromatic heterocycles. The number of amides is 1. The third-order valence-electron chi connectivity index (χ3n) is 2.90. The van der Waals surface area contributed by atoms with Gasteiger partial charge >= 0.3 is 5.97 Å². The number of carbonyl (C=O) groups is 2. The molecule has 122 valence electrons. The molecular formula is C16H18ClN3O3. The van der Waals surface area contributed by atoms with E-state index in [1.54, 1.807) is 30.3 Å². The van der Waals surface area contributed by atoms with E-state index in [-0.39, 0.29) is 17.9 Å². The Hall–Kier alpha value is -2.52. The summed E-state index contributed by atoms with van der Waals surface area (Å²) in [6, 6.07) is 7.41. The molecule has 1 unspecified atom stereocenters. The summed E-state index contributed by atoms with van der Waals surface area (Å²) in [6.07, 6.45) is 1.51. The number of carboxylic acid groups (broad SMARTS) is 1. The molecule has 1 rings (SSSR count). The van der Waals surface area contributed by atoms with Gasteiger partial charge in [-0.15, -0.1) is 0 Å². The number of nitrogens with zero attached hydrogens (tertiary/aromatic N) is 1. The van der Waals surface area contributed by atoms with E-state index in [4.69, 9.17) is 22.0 Å². The summed E-state index contributed by atoms with van der Waals surface area (Å²) in [5.74, 6) is -1.77. The number of hydrogen-bond acceptors (Lipinski definition) is 4. The lowest BCUT2D eigenvalue weighted by Gasteiger charge is -2.16. The zero-order valence-electron chi connectivity index (χ0n) is 12.8. The van der Waals surface area contributed by atoms with Crippen molar-refractivity contribution in [2.75, 3.05) is 5.32 Å². The van der Waals surface area contributed by atoms with Crippen LogP contribution >= 0.6 is 11.6 Å². The molecule has 1 aromatic rings. The highest BCUT2D eigenvalue weighted by Crippen LogP contribution is 2.13. The second kappa shape index (κ2) is 8.81. The van der Waals surface area contributed by atoms with Crippen LogP contribution in [0.1, 0.15) is 20.3 Å². The minimum atomic E-state index is -1.13. The van der Waals surface area contributed by atoms with Gasteiger partial charge in [-0.1, -0.05) is 25.4 Å². The number of rotatable bonds is 7. The van der Waals surface area contributed by atoms with Crippen LogP contribution in [-0.2, 0) is 9.59 Å². The Morgan fingerprint density at radius 2 is 1.96 bits per heavy atom. The molecular weight excluding hydrogens is 318 g/mol. The van der Waals surface area contributed by atoms with Crippen molar-refractivity contribution in [3.63, 3.8) is 0 Å². The van der Waals surface area contributed by atoms with Gasteiger partial charge in [0.15, 0.2) is 0 Å². The van der Waals surface area contributed by atoms with Crippen molar-refractivity contribution in [2.24, 2.45) is 5.92 Å². The van der Waals surface area contributed by atoms with Crippen molar-refractivity contribution in [1.82, 2.24) is 5.32 Å². The summed E-state index contributed by atoms with van der Waals surface area (Å²) in [5, 5.41) is 23.9. The minimum absolute atomic E-state index is 0.0955. The summed E-state index contributed by atoms with van der Waals surface area (Å²) in [7, 11) is 0. The van der Waals surface area contributed by atoms with Gasteiger partial charge in [0.2, 0.25) is 0 Å². The van der Waals surface area contributed by atoms with Crippen LogP contribution in [0.4, 0.5) is 5.69 Å². The molecule has 1 atom stereocenters. The van der Waals surface area contributed by atoms with Gasteiger partial charge in [0, 0.05) is 16.9 Å². The summed E-state index contributed by atoms with van der Waals surface area (Å²) in [5.41, 5.74) is 0.432. The molecule has 1 amide bonds. The van der Waals surface area contributed by atoms with E-state index >= 15 is 0 Å². The fraction of sp³-hybridized carbons (Fsp3) is 0.312. The van der Waals surface area contributed by atoms with Crippen molar-refractivity contribution < 1.29 is 14.7 Å². The Kier molecular flexibility index (Phi) is 7.10. The molecule has 23 heavy (non-hydrogen) atoms. The molecule has 0 radical (unpaired) electrons. The standard InChI is InChI=1S/C16H18ClN3O3/c1-10(2)7-14(16(22)23)20-15(21)11(8-18)9-19-13-5-3-12(17)4-6-13/h3-6,9-10,14,19H,7H2,1-2H3,(H,20,21)(H,22,23)/b11-9-. The molecule has 6 nitrogen and oxygen atoms in total. The number of nitriles is 1. The Labute approximate surface area is 139 Å². The van der Waals surface area contributed by atoms with E-state index in [0.29, 0.717) is 10.7 Å². The average molecular weight is 336 g/mol. The highest BCUT2D eigenvalue weighted by Gasteiger charge is 2.22. The number of benzene rings is 1. The topological polar surface area (TPSA) is 102 Å². The van der Waals surface area contributed by atoms with E-state index in [1.165, 1.54) is 6.20 Å². The Morgan fingerprint density at radius 3 is 2.43 bits per heavy atom. The van der Waals surface area contributed by atoms with Crippen molar-refractivity contribution in [3.05, 3.63) is 41.1 Å². The zero-order valence-corrected chi connectivity index (χ0v) is 13.6. The summed E-state index contributed by atoms with van der Waals surface area (Å²) < 4.78 is 0. The predicted octanol–water partition coefficient (Wildman–Crippen LogP) is 2.77. The fourth-order valence-electron chi connectivity index (χ4n) is 1.78. The number of aliphatic carboxylic acids is 1. The lowest BCUT2D eigenvalue weighted by molar-refractivity contribution is -0.141. The molecule has 0 aliphatic rings.